The third-order valence-electron chi connectivity index (χ3n) is 5.34. The second-order valence-electron chi connectivity index (χ2n) is 7.43. The second-order valence-corrected chi connectivity index (χ2v) is 7.43. The van der Waals surface area contributed by atoms with Gasteiger partial charge in [0.15, 0.2) is 0 Å². The van der Waals surface area contributed by atoms with E-state index in [1.165, 1.54) is 11.1 Å². The Labute approximate surface area is 176 Å². The highest BCUT2D eigenvalue weighted by molar-refractivity contribution is 5.62. The van der Waals surface area contributed by atoms with E-state index in [2.05, 4.69) is 63.4 Å². The maximum Gasteiger partial charge on any atom is 0.290 e. The molecule has 0 bridgehead atoms. The molecule has 0 radical (unpaired) electrons. The number of rotatable bonds is 4. The summed E-state index contributed by atoms with van der Waals surface area (Å²) in [7, 11) is 0. The molecule has 0 spiro atoms. The molecule has 156 valence electrons. The van der Waals surface area contributed by atoms with Gasteiger partial charge in [-0.25, -0.2) is 9.97 Å². The van der Waals surface area contributed by atoms with Crippen LogP contribution in [-0.4, -0.2) is 50.7 Å². The van der Waals surface area contributed by atoms with E-state index in [0.29, 0.717) is 6.54 Å². The van der Waals surface area contributed by atoms with E-state index in [0.717, 1.165) is 36.5 Å². The molecule has 0 unspecified atom stereocenters. The van der Waals surface area contributed by atoms with Gasteiger partial charge < -0.3 is 10.2 Å². The van der Waals surface area contributed by atoms with Crippen LogP contribution in [0.5, 0.6) is 0 Å². The third kappa shape index (κ3) is 5.72. The lowest BCUT2D eigenvalue weighted by Crippen LogP contribution is -2.42. The number of hydrogen-bond donors (Lipinski definition) is 2. The van der Waals surface area contributed by atoms with Crippen LogP contribution in [0.1, 0.15) is 29.3 Å². The number of aryl methyl sites for hydroxylation is 1. The smallest absolute Gasteiger partial charge is 0.290 e. The Bertz CT molecular complexity index is 932. The standard InChI is InChI=1S/C23H25N3O.CH2O2/c1-17-24-13-21(14-25-17)20-9-5-6-18(12-20)15-26-11-10-22(23(27)16-26)19-7-3-2-4-8-19;2-1-3/h2-9,12-14,22-23,27H,10-11,15-16H2,1H3;1H,(H,2,3)/t22-,23-;/m1./s1. The van der Waals surface area contributed by atoms with Crippen molar-refractivity contribution in [1.29, 1.82) is 0 Å². The molecule has 1 fully saturated rings. The molecule has 30 heavy (non-hydrogen) atoms. The summed E-state index contributed by atoms with van der Waals surface area (Å²) in [5.74, 6) is 1.02. The topological polar surface area (TPSA) is 86.5 Å². The molecule has 4 rings (SSSR count). The molecule has 2 N–H and O–H groups in total. The number of piperidine rings is 1. The van der Waals surface area contributed by atoms with Gasteiger partial charge in [-0.3, -0.25) is 9.69 Å². The zero-order valence-corrected chi connectivity index (χ0v) is 17.1. The Morgan fingerprint density at radius 2 is 1.77 bits per heavy atom. The molecule has 0 amide bonds. The molecule has 6 heteroatoms. The lowest BCUT2D eigenvalue weighted by atomic mass is 9.87. The predicted molar refractivity (Wildman–Crippen MR) is 116 cm³/mol. The number of carbonyl (C=O) groups is 1. The first-order valence-electron chi connectivity index (χ1n) is 10.0. The Kier molecular flexibility index (Phi) is 7.65. The van der Waals surface area contributed by atoms with E-state index >= 15 is 0 Å². The minimum atomic E-state index is -0.324. The zero-order valence-electron chi connectivity index (χ0n) is 17.1. The summed E-state index contributed by atoms with van der Waals surface area (Å²) in [5.41, 5.74) is 4.65. The molecule has 1 saturated heterocycles. The fourth-order valence-electron chi connectivity index (χ4n) is 3.88. The van der Waals surface area contributed by atoms with Gasteiger partial charge in [-0.05, 0) is 42.6 Å². The van der Waals surface area contributed by atoms with Gasteiger partial charge in [0.05, 0.1) is 6.10 Å². The van der Waals surface area contributed by atoms with Gasteiger partial charge in [0.25, 0.3) is 6.47 Å². The van der Waals surface area contributed by atoms with Gasteiger partial charge in [0, 0.05) is 37.0 Å². The van der Waals surface area contributed by atoms with Crippen LogP contribution in [0.4, 0.5) is 0 Å². The summed E-state index contributed by atoms with van der Waals surface area (Å²) in [4.78, 5) is 19.3. The minimum Gasteiger partial charge on any atom is -0.483 e. The quantitative estimate of drug-likeness (QED) is 0.646. The highest BCUT2D eigenvalue weighted by Gasteiger charge is 2.28. The molecular formula is C24H27N3O3. The van der Waals surface area contributed by atoms with Crippen molar-refractivity contribution in [2.75, 3.05) is 13.1 Å². The normalized spacial score (nSPS) is 18.9. The van der Waals surface area contributed by atoms with Crippen molar-refractivity contribution >= 4 is 6.47 Å². The number of aliphatic hydroxyl groups is 1. The second kappa shape index (κ2) is 10.6. The SMILES string of the molecule is Cc1ncc(-c2cccc(CN3CC[C@H](c4ccccc4)[C@H](O)C3)c2)cn1.O=CO. The first-order valence-corrected chi connectivity index (χ1v) is 10.0. The Balaban J connectivity index is 0.000000806. The molecule has 2 aromatic carbocycles. The van der Waals surface area contributed by atoms with Crippen molar-refractivity contribution in [3.05, 3.63) is 83.9 Å². The van der Waals surface area contributed by atoms with Crippen molar-refractivity contribution < 1.29 is 15.0 Å². The molecule has 1 aliphatic rings. The van der Waals surface area contributed by atoms with Crippen LogP contribution in [0, 0.1) is 6.92 Å². The number of carboxylic acid groups (broad SMARTS) is 1. The van der Waals surface area contributed by atoms with Gasteiger partial charge in [-0.15, -0.1) is 0 Å². The van der Waals surface area contributed by atoms with Gasteiger partial charge >= 0.3 is 0 Å². The van der Waals surface area contributed by atoms with Crippen LogP contribution in [0.15, 0.2) is 67.0 Å². The van der Waals surface area contributed by atoms with Crippen LogP contribution in [0.2, 0.25) is 0 Å². The Morgan fingerprint density at radius 3 is 2.43 bits per heavy atom. The summed E-state index contributed by atoms with van der Waals surface area (Å²) in [6, 6.07) is 18.9. The first kappa shape index (κ1) is 21.6. The highest BCUT2D eigenvalue weighted by atomic mass is 16.3. The van der Waals surface area contributed by atoms with Crippen molar-refractivity contribution in [3.8, 4) is 11.1 Å². The summed E-state index contributed by atoms with van der Waals surface area (Å²) in [5, 5.41) is 17.6. The summed E-state index contributed by atoms with van der Waals surface area (Å²) in [6.07, 6.45) is 4.40. The molecule has 2 atom stereocenters. The fraction of sp³-hybridized carbons (Fsp3) is 0.292. The zero-order chi connectivity index (χ0) is 21.3. The number of hydrogen-bond acceptors (Lipinski definition) is 5. The molecule has 3 aromatic rings. The van der Waals surface area contributed by atoms with Gasteiger partial charge in [0.1, 0.15) is 5.82 Å². The van der Waals surface area contributed by atoms with E-state index < -0.39 is 0 Å². The van der Waals surface area contributed by atoms with E-state index in [4.69, 9.17) is 9.90 Å². The number of aliphatic hydroxyl groups excluding tert-OH is 1. The largest absolute Gasteiger partial charge is 0.483 e. The highest BCUT2D eigenvalue weighted by Crippen LogP contribution is 2.29. The number of β-amino-alcohol motifs (C(OH)–C–C–N with tert-alkyl or cyclic N) is 1. The molecule has 0 aliphatic carbocycles. The third-order valence-corrected chi connectivity index (χ3v) is 5.34. The van der Waals surface area contributed by atoms with Crippen LogP contribution in [-0.2, 0) is 11.3 Å². The van der Waals surface area contributed by atoms with E-state index in [1.807, 2.05) is 25.4 Å². The molecule has 2 heterocycles. The van der Waals surface area contributed by atoms with Gasteiger partial charge in [-0.1, -0.05) is 48.5 Å². The molecule has 6 nitrogen and oxygen atoms in total. The van der Waals surface area contributed by atoms with Crippen LogP contribution < -0.4 is 0 Å². The van der Waals surface area contributed by atoms with Crippen LogP contribution in [0.25, 0.3) is 11.1 Å². The number of likely N-dealkylation sites (tertiary alicyclic amines) is 1. The van der Waals surface area contributed by atoms with Crippen molar-refractivity contribution in [3.63, 3.8) is 0 Å². The Morgan fingerprint density at radius 1 is 1.07 bits per heavy atom. The summed E-state index contributed by atoms with van der Waals surface area (Å²) in [6.45, 7) is 4.19. The minimum absolute atomic E-state index is 0.235. The van der Waals surface area contributed by atoms with Gasteiger partial charge in [0.2, 0.25) is 0 Å². The lowest BCUT2D eigenvalue weighted by Gasteiger charge is -2.36. The van der Waals surface area contributed by atoms with Gasteiger partial charge in [-0.2, -0.15) is 0 Å². The maximum absolute atomic E-state index is 10.7. The van der Waals surface area contributed by atoms with E-state index in [1.54, 1.807) is 0 Å². The number of benzene rings is 2. The number of nitrogens with zero attached hydrogens (tertiary/aromatic N) is 3. The molecule has 1 aromatic heterocycles. The number of aromatic nitrogens is 2. The van der Waals surface area contributed by atoms with Crippen LogP contribution >= 0.6 is 0 Å². The fourth-order valence-corrected chi connectivity index (χ4v) is 3.88. The average molecular weight is 405 g/mol. The van der Waals surface area contributed by atoms with E-state index in [-0.39, 0.29) is 18.5 Å². The van der Waals surface area contributed by atoms with Crippen molar-refractivity contribution in [2.24, 2.45) is 0 Å². The summed E-state index contributed by atoms with van der Waals surface area (Å²) >= 11 is 0. The molecule has 0 saturated carbocycles. The maximum atomic E-state index is 10.7. The van der Waals surface area contributed by atoms with Crippen LogP contribution in [0.3, 0.4) is 0 Å². The molecule has 1 aliphatic heterocycles. The lowest BCUT2D eigenvalue weighted by molar-refractivity contribution is -0.122. The first-order chi connectivity index (χ1) is 14.6. The Hall–Kier alpha value is -3.09. The van der Waals surface area contributed by atoms with E-state index in [9.17, 15) is 5.11 Å². The monoisotopic (exact) mass is 405 g/mol. The van der Waals surface area contributed by atoms with Crippen molar-refractivity contribution in [2.45, 2.75) is 31.9 Å². The predicted octanol–water partition coefficient (Wildman–Crippen LogP) is 3.50. The molecular weight excluding hydrogens is 378 g/mol. The summed E-state index contributed by atoms with van der Waals surface area (Å²) < 4.78 is 0. The average Bonchev–Trinajstić information content (AvgIpc) is 2.76. The van der Waals surface area contributed by atoms with Crippen molar-refractivity contribution in [1.82, 2.24) is 14.9 Å².